The van der Waals surface area contributed by atoms with Crippen molar-refractivity contribution in [3.63, 3.8) is 0 Å². The summed E-state index contributed by atoms with van der Waals surface area (Å²) in [6, 6.07) is 11.3. The van der Waals surface area contributed by atoms with Gasteiger partial charge in [-0.1, -0.05) is 34.1 Å². The second-order valence-corrected chi connectivity index (χ2v) is 8.72. The molecule has 0 fully saturated rings. The number of nitrogens with one attached hydrogen (secondary N) is 2. The van der Waals surface area contributed by atoms with Crippen LogP contribution in [0.4, 0.5) is 0 Å². The minimum atomic E-state index is -4.07. The van der Waals surface area contributed by atoms with Gasteiger partial charge >= 0.3 is 5.97 Å². The molecule has 0 amide bonds. The van der Waals surface area contributed by atoms with Crippen molar-refractivity contribution in [2.45, 2.75) is 10.9 Å². The zero-order chi connectivity index (χ0) is 21.0. The summed E-state index contributed by atoms with van der Waals surface area (Å²) in [7, 11) is -4.07. The van der Waals surface area contributed by atoms with E-state index in [1.165, 1.54) is 30.5 Å². The Morgan fingerprint density at radius 1 is 1.14 bits per heavy atom. The summed E-state index contributed by atoms with van der Waals surface area (Å²) in [5.41, 5.74) is 1.11. The van der Waals surface area contributed by atoms with Gasteiger partial charge in [0.1, 0.15) is 6.04 Å². The number of aliphatic hydroxyl groups excluding tert-OH is 1. The van der Waals surface area contributed by atoms with Gasteiger partial charge in [-0.3, -0.25) is 9.59 Å². The number of Topliss-reactive ketones (excluding diaryl/α,β-unsaturated/α-hetero) is 1. The molecular formula is C19H17BrN2O6S. The largest absolute Gasteiger partial charge is 0.456 e. The fraction of sp³-hybridized carbons (Fsp3) is 0.158. The quantitative estimate of drug-likeness (QED) is 0.334. The van der Waals surface area contributed by atoms with Crippen LogP contribution in [-0.2, 0) is 19.6 Å². The topological polar surface area (TPSA) is 126 Å². The number of aliphatic hydroxyl groups is 1. The molecule has 0 aliphatic rings. The zero-order valence-corrected chi connectivity index (χ0v) is 17.4. The van der Waals surface area contributed by atoms with E-state index in [0.717, 1.165) is 5.52 Å². The van der Waals surface area contributed by atoms with Gasteiger partial charge in [0.15, 0.2) is 6.61 Å². The summed E-state index contributed by atoms with van der Waals surface area (Å²) in [5.74, 6) is -1.51. The molecule has 0 saturated heterocycles. The number of halogens is 1. The van der Waals surface area contributed by atoms with Crippen LogP contribution in [0.15, 0.2) is 64.1 Å². The zero-order valence-electron chi connectivity index (χ0n) is 15.0. The second kappa shape index (κ2) is 8.87. The van der Waals surface area contributed by atoms with Crippen molar-refractivity contribution < 1.29 is 27.9 Å². The average molecular weight is 481 g/mol. The van der Waals surface area contributed by atoms with Gasteiger partial charge in [0.05, 0.1) is 11.5 Å². The number of ether oxygens (including phenoxy) is 1. The van der Waals surface area contributed by atoms with Crippen LogP contribution in [0, 0.1) is 0 Å². The van der Waals surface area contributed by atoms with Gasteiger partial charge in [0, 0.05) is 27.1 Å². The SMILES string of the molecule is O=C(COC(=O)C(CO)NS(=O)(=O)c1ccc(Br)cc1)c1c[nH]c2ccccc12. The summed E-state index contributed by atoms with van der Waals surface area (Å²) in [6.45, 7) is -1.41. The Labute approximate surface area is 175 Å². The Bertz CT molecular complexity index is 1140. The van der Waals surface area contributed by atoms with Crippen LogP contribution >= 0.6 is 15.9 Å². The number of hydrogen-bond acceptors (Lipinski definition) is 6. The molecule has 29 heavy (non-hydrogen) atoms. The molecule has 0 bridgehead atoms. The summed E-state index contributed by atoms with van der Waals surface area (Å²) in [6.07, 6.45) is 1.51. The van der Waals surface area contributed by atoms with E-state index in [2.05, 4.69) is 25.6 Å². The molecule has 152 valence electrons. The maximum Gasteiger partial charge on any atom is 0.327 e. The Morgan fingerprint density at radius 2 is 1.83 bits per heavy atom. The minimum absolute atomic E-state index is 0.0816. The number of aromatic nitrogens is 1. The van der Waals surface area contributed by atoms with Crippen LogP contribution in [0.5, 0.6) is 0 Å². The van der Waals surface area contributed by atoms with Gasteiger partial charge in [0.25, 0.3) is 0 Å². The molecule has 3 N–H and O–H groups in total. The Balaban J connectivity index is 1.65. The number of aromatic amines is 1. The number of fused-ring (bicyclic) bond motifs is 1. The number of benzene rings is 2. The first-order chi connectivity index (χ1) is 13.8. The highest BCUT2D eigenvalue weighted by Gasteiger charge is 2.27. The number of para-hydroxylation sites is 1. The number of esters is 1. The Morgan fingerprint density at radius 3 is 2.52 bits per heavy atom. The van der Waals surface area contributed by atoms with Crippen molar-refractivity contribution in [1.29, 1.82) is 0 Å². The lowest BCUT2D eigenvalue weighted by molar-refractivity contribution is -0.145. The first-order valence-corrected chi connectivity index (χ1v) is 10.7. The monoisotopic (exact) mass is 480 g/mol. The van der Waals surface area contributed by atoms with Crippen LogP contribution < -0.4 is 4.72 Å². The number of H-pyrrole nitrogens is 1. The van der Waals surface area contributed by atoms with E-state index in [9.17, 15) is 23.1 Å². The highest BCUT2D eigenvalue weighted by atomic mass is 79.9. The number of carbonyl (C=O) groups excluding carboxylic acids is 2. The number of ketones is 1. The molecule has 0 aliphatic heterocycles. The molecule has 8 nitrogen and oxygen atoms in total. The average Bonchev–Trinajstić information content (AvgIpc) is 3.14. The van der Waals surface area contributed by atoms with Gasteiger partial charge in [-0.25, -0.2) is 8.42 Å². The van der Waals surface area contributed by atoms with Crippen molar-refractivity contribution in [3.05, 3.63) is 64.8 Å². The molecule has 3 aromatic rings. The molecule has 0 spiro atoms. The lowest BCUT2D eigenvalue weighted by Crippen LogP contribution is -2.44. The molecule has 1 atom stereocenters. The number of hydrogen-bond donors (Lipinski definition) is 3. The first kappa shape index (κ1) is 21.2. The normalized spacial score (nSPS) is 12.6. The molecular weight excluding hydrogens is 464 g/mol. The third-order valence-electron chi connectivity index (χ3n) is 4.12. The predicted octanol–water partition coefficient (Wildman–Crippen LogP) is 2.00. The fourth-order valence-electron chi connectivity index (χ4n) is 2.65. The lowest BCUT2D eigenvalue weighted by Gasteiger charge is -2.15. The van der Waals surface area contributed by atoms with E-state index in [1.807, 2.05) is 6.07 Å². The number of rotatable bonds is 8. The van der Waals surface area contributed by atoms with Crippen LogP contribution in [0.3, 0.4) is 0 Å². The fourth-order valence-corrected chi connectivity index (χ4v) is 4.09. The summed E-state index contributed by atoms with van der Waals surface area (Å²) >= 11 is 3.20. The predicted molar refractivity (Wildman–Crippen MR) is 109 cm³/mol. The molecule has 1 aromatic heterocycles. The second-order valence-electron chi connectivity index (χ2n) is 6.09. The van der Waals surface area contributed by atoms with E-state index >= 15 is 0 Å². The van der Waals surface area contributed by atoms with Gasteiger partial charge in [0.2, 0.25) is 15.8 Å². The lowest BCUT2D eigenvalue weighted by atomic mass is 10.1. The minimum Gasteiger partial charge on any atom is -0.456 e. The maximum absolute atomic E-state index is 12.4. The first-order valence-electron chi connectivity index (χ1n) is 8.46. The summed E-state index contributed by atoms with van der Waals surface area (Å²) < 4.78 is 32.4. The highest BCUT2D eigenvalue weighted by Crippen LogP contribution is 2.18. The molecule has 3 rings (SSSR count). The third kappa shape index (κ3) is 4.91. The van der Waals surface area contributed by atoms with Crippen molar-refractivity contribution in [2.75, 3.05) is 13.2 Å². The van der Waals surface area contributed by atoms with E-state index in [4.69, 9.17) is 4.74 Å². The van der Waals surface area contributed by atoms with E-state index in [-0.39, 0.29) is 4.90 Å². The molecule has 10 heteroatoms. The van der Waals surface area contributed by atoms with Crippen LogP contribution in [0.25, 0.3) is 10.9 Å². The number of carbonyl (C=O) groups is 2. The molecule has 0 saturated carbocycles. The summed E-state index contributed by atoms with van der Waals surface area (Å²) in [4.78, 5) is 27.4. The molecule has 0 radical (unpaired) electrons. The van der Waals surface area contributed by atoms with Crippen LogP contribution in [-0.4, -0.2) is 49.5 Å². The Hall–Kier alpha value is -2.53. The van der Waals surface area contributed by atoms with Crippen molar-refractivity contribution in [2.24, 2.45) is 0 Å². The smallest absolute Gasteiger partial charge is 0.327 e. The Kier molecular flexibility index (Phi) is 6.48. The molecule has 2 aromatic carbocycles. The van der Waals surface area contributed by atoms with Gasteiger partial charge < -0.3 is 14.8 Å². The summed E-state index contributed by atoms with van der Waals surface area (Å²) in [5, 5.41) is 10.1. The number of sulfonamides is 1. The van der Waals surface area contributed by atoms with E-state index in [1.54, 1.807) is 18.2 Å². The third-order valence-corrected chi connectivity index (χ3v) is 6.14. The van der Waals surface area contributed by atoms with Gasteiger partial charge in [-0.05, 0) is 30.3 Å². The maximum atomic E-state index is 12.4. The van der Waals surface area contributed by atoms with Crippen LogP contribution in [0.2, 0.25) is 0 Å². The molecule has 1 heterocycles. The van der Waals surface area contributed by atoms with E-state index < -0.39 is 41.0 Å². The standard InChI is InChI=1S/C19H17BrN2O6S/c20-12-5-7-13(8-6-12)29(26,27)22-17(10-23)19(25)28-11-18(24)15-9-21-16-4-2-1-3-14(15)16/h1-9,17,21-23H,10-11H2. The molecule has 1 unspecified atom stereocenters. The van der Waals surface area contributed by atoms with Crippen molar-refractivity contribution in [1.82, 2.24) is 9.71 Å². The van der Waals surface area contributed by atoms with E-state index in [0.29, 0.717) is 15.4 Å². The van der Waals surface area contributed by atoms with Crippen molar-refractivity contribution >= 4 is 48.6 Å². The van der Waals surface area contributed by atoms with Crippen LogP contribution in [0.1, 0.15) is 10.4 Å². The van der Waals surface area contributed by atoms with Gasteiger partial charge in [-0.15, -0.1) is 0 Å². The van der Waals surface area contributed by atoms with Crippen molar-refractivity contribution in [3.8, 4) is 0 Å². The van der Waals surface area contributed by atoms with Gasteiger partial charge in [-0.2, -0.15) is 4.72 Å². The highest BCUT2D eigenvalue weighted by molar-refractivity contribution is 9.10. The molecule has 0 aliphatic carbocycles.